The highest BCUT2D eigenvalue weighted by Crippen LogP contribution is 2.70. The summed E-state index contributed by atoms with van der Waals surface area (Å²) in [4.78, 5) is 26.9. The topological polar surface area (TPSA) is 173 Å². The monoisotopic (exact) mass is 997 g/mol. The van der Waals surface area contributed by atoms with Gasteiger partial charge in [0, 0.05) is 24.2 Å². The van der Waals surface area contributed by atoms with Crippen LogP contribution in [-0.4, -0.2) is 65.1 Å². The normalized spacial score (nSPS) is 43.6. The molecule has 8 saturated carbocycles. The SMILES string of the molecule is C[C@@H](CCC(=O)Nc1ccc(S(=O)(=O)c2ccc(NC(=O)CC[C@H](C)[C@@H]3CC[C@@H]4[C@@H]5CC[C@@H]6C[C@H](O)CC[C@]6(C)[C@@H]5C[C@H](O)[C@@]43C)cc2)cc1)[C@@H]1CC[C@@H]2[C@H]3CC[C@H]4C[C@@H](O)CC[C@]4(C)[C@@H]3C[C@@H](O)[C@@]21C. The molecule has 392 valence electrons. The van der Waals surface area contributed by atoms with Crippen molar-refractivity contribution in [2.24, 2.45) is 92.7 Å². The summed E-state index contributed by atoms with van der Waals surface area (Å²) in [7, 11) is -3.86. The average molecular weight is 997 g/mol. The Morgan fingerprint density at radius 2 is 0.915 bits per heavy atom. The Morgan fingerprint density at radius 3 is 1.30 bits per heavy atom. The number of anilines is 2. The zero-order valence-electron chi connectivity index (χ0n) is 43.8. The Balaban J connectivity index is 0.683. The summed E-state index contributed by atoms with van der Waals surface area (Å²) in [6.07, 6.45) is 17.7. The third kappa shape index (κ3) is 8.89. The van der Waals surface area contributed by atoms with Gasteiger partial charge in [-0.15, -0.1) is 0 Å². The van der Waals surface area contributed by atoms with Crippen molar-refractivity contribution in [3.8, 4) is 0 Å². The molecule has 0 spiro atoms. The molecule has 0 bridgehead atoms. The first-order valence-corrected chi connectivity index (χ1v) is 29.9. The van der Waals surface area contributed by atoms with Crippen molar-refractivity contribution >= 4 is 33.0 Å². The molecular formula is C60H88N2O8S. The maximum atomic E-state index is 13.7. The highest BCUT2D eigenvalue weighted by atomic mass is 32.2. The summed E-state index contributed by atoms with van der Waals surface area (Å²) < 4.78 is 27.4. The van der Waals surface area contributed by atoms with Crippen LogP contribution in [0.15, 0.2) is 58.3 Å². The van der Waals surface area contributed by atoms with Crippen molar-refractivity contribution in [1.82, 2.24) is 0 Å². The molecule has 2 amide bonds. The summed E-state index contributed by atoms with van der Waals surface area (Å²) in [6.45, 7) is 14.1. The molecule has 2 aromatic carbocycles. The summed E-state index contributed by atoms with van der Waals surface area (Å²) in [6, 6.07) is 12.6. The summed E-state index contributed by atoms with van der Waals surface area (Å²) in [5, 5.41) is 50.8. The van der Waals surface area contributed by atoms with Crippen LogP contribution in [0.1, 0.15) is 170 Å². The van der Waals surface area contributed by atoms with E-state index >= 15 is 0 Å². The van der Waals surface area contributed by atoms with E-state index in [4.69, 9.17) is 0 Å². The van der Waals surface area contributed by atoms with Crippen LogP contribution in [0.5, 0.6) is 0 Å². The second-order valence-corrected chi connectivity index (χ2v) is 28.4. The molecule has 10 nitrogen and oxygen atoms in total. The molecule has 0 heterocycles. The number of hydrogen-bond acceptors (Lipinski definition) is 8. The molecule has 20 atom stereocenters. The van der Waals surface area contributed by atoms with Gasteiger partial charge in [0.15, 0.2) is 0 Å². The van der Waals surface area contributed by atoms with Crippen LogP contribution in [0, 0.1) is 92.7 Å². The van der Waals surface area contributed by atoms with Crippen molar-refractivity contribution in [2.75, 3.05) is 10.6 Å². The third-order valence-electron chi connectivity index (χ3n) is 23.6. The first kappa shape index (κ1) is 51.6. The fraction of sp³-hybridized carbons (Fsp3) is 0.767. The van der Waals surface area contributed by atoms with Gasteiger partial charge >= 0.3 is 0 Å². The molecule has 0 aliphatic heterocycles. The number of aliphatic hydroxyl groups is 4. The number of hydrogen-bond donors (Lipinski definition) is 6. The van der Waals surface area contributed by atoms with Crippen LogP contribution in [0.4, 0.5) is 11.4 Å². The molecule has 8 aliphatic rings. The lowest BCUT2D eigenvalue weighted by molar-refractivity contribution is -0.175. The quantitative estimate of drug-likeness (QED) is 0.122. The minimum Gasteiger partial charge on any atom is -0.393 e. The Hall–Kier alpha value is -2.83. The number of nitrogens with one attached hydrogen (secondary N) is 2. The average Bonchev–Trinajstić information content (AvgIpc) is 3.90. The first-order chi connectivity index (χ1) is 33.7. The van der Waals surface area contributed by atoms with E-state index in [-0.39, 0.29) is 79.5 Å². The Labute approximate surface area is 425 Å². The molecule has 6 N–H and O–H groups in total. The van der Waals surface area contributed by atoms with Crippen molar-refractivity contribution in [3.05, 3.63) is 48.5 Å². The molecule has 2 aromatic rings. The van der Waals surface area contributed by atoms with E-state index < -0.39 is 9.84 Å². The molecule has 11 heteroatoms. The van der Waals surface area contributed by atoms with Crippen LogP contribution in [0.3, 0.4) is 0 Å². The molecule has 0 saturated heterocycles. The highest BCUT2D eigenvalue weighted by Gasteiger charge is 2.65. The minimum atomic E-state index is -3.86. The van der Waals surface area contributed by atoms with Gasteiger partial charge < -0.3 is 31.1 Å². The fourth-order valence-electron chi connectivity index (χ4n) is 19.5. The van der Waals surface area contributed by atoms with E-state index in [1.54, 1.807) is 24.3 Å². The number of benzene rings is 2. The van der Waals surface area contributed by atoms with Crippen LogP contribution >= 0.6 is 0 Å². The highest BCUT2D eigenvalue weighted by molar-refractivity contribution is 7.91. The summed E-state index contributed by atoms with van der Waals surface area (Å²) in [5.74, 6) is 5.39. The van der Waals surface area contributed by atoms with E-state index in [0.717, 1.165) is 89.9 Å². The predicted molar refractivity (Wildman–Crippen MR) is 278 cm³/mol. The van der Waals surface area contributed by atoms with Crippen molar-refractivity contribution in [3.63, 3.8) is 0 Å². The van der Waals surface area contributed by atoms with Gasteiger partial charge in [-0.2, -0.15) is 0 Å². The number of fused-ring (bicyclic) bond motifs is 10. The van der Waals surface area contributed by atoms with E-state index in [1.807, 2.05) is 0 Å². The first-order valence-electron chi connectivity index (χ1n) is 28.4. The van der Waals surface area contributed by atoms with Crippen LogP contribution < -0.4 is 10.6 Å². The van der Waals surface area contributed by atoms with Gasteiger partial charge in [-0.3, -0.25) is 9.59 Å². The molecule has 0 aromatic heterocycles. The standard InChI is InChI=1S/C60H88N2O8S/c1-35(47-21-23-49-45-19-9-37-31-41(63)27-29-57(37,3)51(45)33-53(65)59(47,49)5)7-25-55(67)61-39-11-15-43(16-12-39)71(69,70)44-17-13-40(14-18-44)62-56(68)26-8-36(2)48-22-24-50-46-20-10-38-32-42(64)28-30-58(38,4)52(46)34-54(66)60(48,50)6/h11-18,35-38,41-42,45-54,63-66H,7-10,19-34H2,1-6H3,(H,61,67)(H,62,68)/t35-,36-,37-,38+,41-,42+,45+,46-,47-,48-,49+,50+,51+,52+,53+,54-,57-,58-,59+,60+/m0/s1. The maximum Gasteiger partial charge on any atom is 0.224 e. The van der Waals surface area contributed by atoms with E-state index in [9.17, 15) is 38.4 Å². The second kappa shape index (κ2) is 19.4. The number of carbonyl (C=O) groups is 2. The molecule has 0 radical (unpaired) electrons. The molecule has 0 unspecified atom stereocenters. The Kier molecular flexibility index (Phi) is 14.1. The van der Waals surface area contributed by atoms with Gasteiger partial charge in [-0.05, 0) is 257 Å². The number of aliphatic hydroxyl groups excluding tert-OH is 4. The zero-order chi connectivity index (χ0) is 50.4. The predicted octanol–water partition coefficient (Wildman–Crippen LogP) is 11.2. The van der Waals surface area contributed by atoms with Crippen LogP contribution in [0.2, 0.25) is 0 Å². The van der Waals surface area contributed by atoms with Crippen LogP contribution in [-0.2, 0) is 19.4 Å². The van der Waals surface area contributed by atoms with E-state index in [1.165, 1.54) is 49.9 Å². The van der Waals surface area contributed by atoms with E-state index in [2.05, 4.69) is 52.2 Å². The Bertz CT molecular complexity index is 2220. The lowest BCUT2D eigenvalue weighted by Gasteiger charge is -2.62. The van der Waals surface area contributed by atoms with Crippen LogP contribution in [0.25, 0.3) is 0 Å². The fourth-order valence-corrected chi connectivity index (χ4v) is 20.7. The zero-order valence-corrected chi connectivity index (χ0v) is 44.6. The number of amides is 2. The van der Waals surface area contributed by atoms with Crippen molar-refractivity contribution in [1.29, 1.82) is 0 Å². The third-order valence-corrected chi connectivity index (χ3v) is 25.3. The summed E-state index contributed by atoms with van der Waals surface area (Å²) in [5.41, 5.74) is 1.17. The maximum absolute atomic E-state index is 13.7. The van der Waals surface area contributed by atoms with Gasteiger partial charge in [0.1, 0.15) is 0 Å². The number of sulfone groups is 1. The summed E-state index contributed by atoms with van der Waals surface area (Å²) >= 11 is 0. The van der Waals surface area contributed by atoms with Gasteiger partial charge in [-0.25, -0.2) is 8.42 Å². The largest absolute Gasteiger partial charge is 0.393 e. The molecular weight excluding hydrogens is 909 g/mol. The molecule has 8 fully saturated rings. The van der Waals surface area contributed by atoms with E-state index in [0.29, 0.717) is 83.4 Å². The lowest BCUT2D eigenvalue weighted by atomic mass is 9.43. The number of rotatable bonds is 12. The second-order valence-electron chi connectivity index (χ2n) is 26.5. The number of carbonyl (C=O) groups excluding carboxylic acids is 2. The minimum absolute atomic E-state index is 0.106. The Morgan fingerprint density at radius 1 is 0.535 bits per heavy atom. The van der Waals surface area contributed by atoms with Gasteiger partial charge in [-0.1, -0.05) is 41.5 Å². The molecule has 8 aliphatic carbocycles. The van der Waals surface area contributed by atoms with Gasteiger partial charge in [0.05, 0.1) is 34.2 Å². The lowest BCUT2D eigenvalue weighted by Crippen LogP contribution is -2.58. The van der Waals surface area contributed by atoms with Crippen molar-refractivity contribution in [2.45, 2.75) is 204 Å². The van der Waals surface area contributed by atoms with Gasteiger partial charge in [0.2, 0.25) is 21.7 Å². The smallest absolute Gasteiger partial charge is 0.224 e. The van der Waals surface area contributed by atoms with Crippen molar-refractivity contribution < 1.29 is 38.4 Å². The molecule has 10 rings (SSSR count). The molecule has 71 heavy (non-hydrogen) atoms. The van der Waals surface area contributed by atoms with Gasteiger partial charge in [0.25, 0.3) is 0 Å².